The number of fused-ring (bicyclic) bond motifs is 1. The highest BCUT2D eigenvalue weighted by Crippen LogP contribution is 2.18. The first-order valence-corrected chi connectivity index (χ1v) is 5.91. The third-order valence-corrected chi connectivity index (χ3v) is 2.87. The van der Waals surface area contributed by atoms with Gasteiger partial charge < -0.3 is 15.0 Å². The molecular formula is C13H19N3O. The van der Waals surface area contributed by atoms with Crippen molar-refractivity contribution in [3.05, 3.63) is 29.6 Å². The molecular weight excluding hydrogens is 214 g/mol. The van der Waals surface area contributed by atoms with E-state index in [0.29, 0.717) is 13.2 Å². The number of benzene rings is 1. The molecule has 1 aromatic heterocycles. The summed E-state index contributed by atoms with van der Waals surface area (Å²) in [6.45, 7) is 4.22. The van der Waals surface area contributed by atoms with Gasteiger partial charge in [-0.05, 0) is 31.2 Å². The van der Waals surface area contributed by atoms with Gasteiger partial charge in [0.2, 0.25) is 0 Å². The predicted molar refractivity (Wildman–Crippen MR) is 69.1 cm³/mol. The normalized spacial score (nSPS) is 11.2. The van der Waals surface area contributed by atoms with Crippen molar-refractivity contribution in [2.75, 3.05) is 20.3 Å². The summed E-state index contributed by atoms with van der Waals surface area (Å²) >= 11 is 0. The third-order valence-electron chi connectivity index (χ3n) is 2.87. The lowest BCUT2D eigenvalue weighted by atomic mass is 10.2. The maximum atomic E-state index is 5.63. The number of rotatable bonds is 5. The van der Waals surface area contributed by atoms with E-state index in [9.17, 15) is 0 Å². The zero-order valence-electron chi connectivity index (χ0n) is 10.4. The van der Waals surface area contributed by atoms with Crippen LogP contribution in [-0.2, 0) is 17.7 Å². The van der Waals surface area contributed by atoms with Crippen molar-refractivity contribution in [1.29, 1.82) is 0 Å². The van der Waals surface area contributed by atoms with Crippen LogP contribution in [0.1, 0.15) is 11.4 Å². The summed E-state index contributed by atoms with van der Waals surface area (Å²) in [4.78, 5) is 4.64. The van der Waals surface area contributed by atoms with Gasteiger partial charge in [-0.3, -0.25) is 0 Å². The fourth-order valence-corrected chi connectivity index (χ4v) is 2.04. The Balaban J connectivity index is 2.46. The summed E-state index contributed by atoms with van der Waals surface area (Å²) in [5.41, 5.74) is 9.06. The van der Waals surface area contributed by atoms with E-state index < -0.39 is 0 Å². The summed E-state index contributed by atoms with van der Waals surface area (Å²) in [5.74, 6) is 1.05. The number of hydrogen-bond donors (Lipinski definition) is 1. The minimum absolute atomic E-state index is 0.620. The molecule has 0 radical (unpaired) electrons. The lowest BCUT2D eigenvalue weighted by Crippen LogP contribution is -2.12. The molecule has 2 N–H and O–H groups in total. The quantitative estimate of drug-likeness (QED) is 0.851. The summed E-state index contributed by atoms with van der Waals surface area (Å²) in [6.07, 6.45) is 0.803. The first-order chi connectivity index (χ1) is 8.26. The first kappa shape index (κ1) is 12.1. The lowest BCUT2D eigenvalue weighted by Gasteiger charge is -2.07. The number of aromatic nitrogens is 2. The molecule has 4 nitrogen and oxygen atoms in total. The number of ether oxygens (including phenoxy) is 1. The van der Waals surface area contributed by atoms with Crippen LogP contribution >= 0.6 is 0 Å². The molecule has 0 amide bonds. The number of aryl methyl sites for hydroxylation is 1. The Labute approximate surface area is 101 Å². The van der Waals surface area contributed by atoms with Gasteiger partial charge in [-0.25, -0.2) is 4.98 Å². The van der Waals surface area contributed by atoms with Crippen molar-refractivity contribution in [3.63, 3.8) is 0 Å². The highest BCUT2D eigenvalue weighted by Gasteiger charge is 2.09. The monoisotopic (exact) mass is 233 g/mol. The maximum absolute atomic E-state index is 5.63. The molecule has 0 spiro atoms. The van der Waals surface area contributed by atoms with E-state index in [1.165, 1.54) is 5.56 Å². The predicted octanol–water partition coefficient (Wildman–Crippen LogP) is 1.49. The molecule has 17 heavy (non-hydrogen) atoms. The molecule has 0 aliphatic rings. The van der Waals surface area contributed by atoms with Gasteiger partial charge in [-0.1, -0.05) is 6.07 Å². The van der Waals surface area contributed by atoms with E-state index in [1.807, 2.05) is 0 Å². The lowest BCUT2D eigenvalue weighted by molar-refractivity contribution is 0.187. The standard InChI is InChI=1S/C13H19N3O/c1-10-3-4-12-11(9-10)15-13(5-6-14)16(12)7-8-17-2/h3-4,9H,5-8,14H2,1-2H3. The molecule has 4 heteroatoms. The Kier molecular flexibility index (Phi) is 3.76. The largest absolute Gasteiger partial charge is 0.383 e. The van der Waals surface area contributed by atoms with Crippen molar-refractivity contribution < 1.29 is 4.74 Å². The highest BCUT2D eigenvalue weighted by molar-refractivity contribution is 5.76. The van der Waals surface area contributed by atoms with Crippen molar-refractivity contribution in [1.82, 2.24) is 9.55 Å². The molecule has 2 aromatic rings. The van der Waals surface area contributed by atoms with E-state index in [-0.39, 0.29) is 0 Å². The van der Waals surface area contributed by atoms with Crippen LogP contribution in [0, 0.1) is 6.92 Å². The number of hydrogen-bond acceptors (Lipinski definition) is 3. The molecule has 0 unspecified atom stereocenters. The second-order valence-electron chi connectivity index (χ2n) is 4.20. The van der Waals surface area contributed by atoms with Crippen LogP contribution in [0.5, 0.6) is 0 Å². The van der Waals surface area contributed by atoms with E-state index in [1.54, 1.807) is 7.11 Å². The van der Waals surface area contributed by atoms with Crippen LogP contribution in [0.25, 0.3) is 11.0 Å². The van der Waals surface area contributed by atoms with Crippen molar-refractivity contribution in [3.8, 4) is 0 Å². The molecule has 0 aliphatic carbocycles. The second kappa shape index (κ2) is 5.29. The van der Waals surface area contributed by atoms with E-state index in [4.69, 9.17) is 10.5 Å². The smallest absolute Gasteiger partial charge is 0.111 e. The Bertz CT molecular complexity index is 505. The van der Waals surface area contributed by atoms with Crippen LogP contribution in [0.3, 0.4) is 0 Å². The second-order valence-corrected chi connectivity index (χ2v) is 4.20. The van der Waals surface area contributed by atoms with Crippen LogP contribution < -0.4 is 5.73 Å². The van der Waals surface area contributed by atoms with Crippen molar-refractivity contribution in [2.45, 2.75) is 19.9 Å². The molecule has 2 rings (SSSR count). The van der Waals surface area contributed by atoms with Crippen molar-refractivity contribution in [2.24, 2.45) is 5.73 Å². The van der Waals surface area contributed by atoms with Gasteiger partial charge in [-0.15, -0.1) is 0 Å². The fraction of sp³-hybridized carbons (Fsp3) is 0.462. The minimum Gasteiger partial charge on any atom is -0.383 e. The number of imidazole rings is 1. The molecule has 0 aliphatic heterocycles. The minimum atomic E-state index is 0.620. The molecule has 1 heterocycles. The Hall–Kier alpha value is -1.39. The maximum Gasteiger partial charge on any atom is 0.111 e. The number of nitrogens with two attached hydrogens (primary N) is 1. The zero-order chi connectivity index (χ0) is 12.3. The van der Waals surface area contributed by atoms with Crippen molar-refractivity contribution >= 4 is 11.0 Å². The van der Waals surface area contributed by atoms with Crippen LogP contribution in [0.2, 0.25) is 0 Å². The van der Waals surface area contributed by atoms with Gasteiger partial charge in [0.05, 0.1) is 17.6 Å². The van der Waals surface area contributed by atoms with Gasteiger partial charge in [0.25, 0.3) is 0 Å². The van der Waals surface area contributed by atoms with Crippen LogP contribution in [-0.4, -0.2) is 29.8 Å². The zero-order valence-corrected chi connectivity index (χ0v) is 10.4. The molecule has 0 bridgehead atoms. The number of methoxy groups -OCH3 is 1. The first-order valence-electron chi connectivity index (χ1n) is 5.91. The summed E-state index contributed by atoms with van der Waals surface area (Å²) in [7, 11) is 1.71. The summed E-state index contributed by atoms with van der Waals surface area (Å²) < 4.78 is 7.34. The average molecular weight is 233 g/mol. The third kappa shape index (κ3) is 2.48. The summed E-state index contributed by atoms with van der Waals surface area (Å²) in [6, 6.07) is 6.34. The van der Waals surface area contributed by atoms with E-state index in [0.717, 1.165) is 29.8 Å². The van der Waals surface area contributed by atoms with Gasteiger partial charge in [0.15, 0.2) is 0 Å². The molecule has 0 saturated carbocycles. The fourth-order valence-electron chi connectivity index (χ4n) is 2.04. The molecule has 0 fully saturated rings. The van der Waals surface area contributed by atoms with Crippen LogP contribution in [0.15, 0.2) is 18.2 Å². The van der Waals surface area contributed by atoms with Gasteiger partial charge >= 0.3 is 0 Å². The average Bonchev–Trinajstić information content (AvgIpc) is 2.63. The van der Waals surface area contributed by atoms with E-state index >= 15 is 0 Å². The van der Waals surface area contributed by atoms with Gasteiger partial charge in [0, 0.05) is 20.1 Å². The van der Waals surface area contributed by atoms with Gasteiger partial charge in [-0.2, -0.15) is 0 Å². The molecule has 92 valence electrons. The SMILES string of the molecule is COCCn1c(CCN)nc2cc(C)ccc21. The van der Waals surface area contributed by atoms with E-state index in [2.05, 4.69) is 34.7 Å². The number of nitrogens with zero attached hydrogens (tertiary/aromatic N) is 2. The Morgan fingerprint density at radius 1 is 1.41 bits per heavy atom. The Morgan fingerprint density at radius 2 is 2.24 bits per heavy atom. The molecule has 1 aromatic carbocycles. The topological polar surface area (TPSA) is 53.1 Å². The highest BCUT2D eigenvalue weighted by atomic mass is 16.5. The Morgan fingerprint density at radius 3 is 2.94 bits per heavy atom. The molecule has 0 atom stereocenters. The summed E-state index contributed by atoms with van der Waals surface area (Å²) in [5, 5.41) is 0. The molecule has 0 saturated heterocycles. The van der Waals surface area contributed by atoms with Crippen LogP contribution in [0.4, 0.5) is 0 Å². The van der Waals surface area contributed by atoms with Gasteiger partial charge in [0.1, 0.15) is 5.82 Å².